The number of aryl methyl sites for hydroxylation is 1. The summed E-state index contributed by atoms with van der Waals surface area (Å²) in [5.41, 5.74) is 6.98. The number of nitrogens with zero attached hydrogens (tertiary/aromatic N) is 2. The molecule has 0 spiro atoms. The number of rotatable bonds is 3. The molecule has 0 amide bonds. The summed E-state index contributed by atoms with van der Waals surface area (Å²) in [4.78, 5) is 0. The molecule has 0 saturated heterocycles. The van der Waals surface area contributed by atoms with E-state index in [1.165, 1.54) is 6.20 Å². The summed E-state index contributed by atoms with van der Waals surface area (Å²) in [5, 5.41) is 15.0. The van der Waals surface area contributed by atoms with Crippen LogP contribution >= 0.6 is 15.9 Å². The van der Waals surface area contributed by atoms with Gasteiger partial charge in [0.05, 0.1) is 16.2 Å². The fraction of sp³-hybridized carbons (Fsp3) is 0.0833. The monoisotopic (exact) mass is 306 g/mol. The van der Waals surface area contributed by atoms with Gasteiger partial charge in [0.25, 0.3) is 0 Å². The van der Waals surface area contributed by atoms with E-state index >= 15 is 0 Å². The smallest absolute Gasteiger partial charge is 0.249 e. The molecule has 5 nitrogen and oxygen atoms in total. The maximum atomic E-state index is 7.45. The largest absolute Gasteiger partial charge is 0.436 e. The van der Waals surface area contributed by atoms with E-state index in [0.717, 1.165) is 10.0 Å². The lowest BCUT2D eigenvalue weighted by Crippen LogP contribution is -2.13. The minimum atomic E-state index is -0.108. The zero-order valence-electron chi connectivity index (χ0n) is 9.64. The van der Waals surface area contributed by atoms with Crippen LogP contribution < -0.4 is 10.5 Å². The van der Waals surface area contributed by atoms with Gasteiger partial charge in [-0.3, -0.25) is 5.41 Å². The lowest BCUT2D eigenvalue weighted by atomic mass is 10.2. The van der Waals surface area contributed by atoms with Gasteiger partial charge in [-0.1, -0.05) is 6.07 Å². The highest BCUT2D eigenvalue weighted by molar-refractivity contribution is 9.10. The number of benzene rings is 1. The van der Waals surface area contributed by atoms with Crippen molar-refractivity contribution in [1.29, 1.82) is 5.41 Å². The second-order valence-corrected chi connectivity index (χ2v) is 4.55. The number of hydrogen-bond donors (Lipinski definition) is 2. The molecule has 3 N–H and O–H groups in total. The van der Waals surface area contributed by atoms with Crippen LogP contribution in [0, 0.1) is 12.3 Å². The molecule has 0 aliphatic rings. The maximum Gasteiger partial charge on any atom is 0.249 e. The average Bonchev–Trinajstić information content (AvgIpc) is 2.33. The number of aromatic nitrogens is 2. The standard InChI is InChI=1S/C12H11BrN4O/c1-7-2-3-10(9(13)6-7)18-12-8(11(14)15)4-5-16-17-12/h2-6H,1H3,(H3,14,15). The Morgan fingerprint density at radius 1 is 1.39 bits per heavy atom. The van der Waals surface area contributed by atoms with Crippen molar-refractivity contribution in [3.63, 3.8) is 0 Å². The molecule has 0 atom stereocenters. The predicted molar refractivity (Wildman–Crippen MR) is 72.0 cm³/mol. The molecular weight excluding hydrogens is 296 g/mol. The van der Waals surface area contributed by atoms with Crippen LogP contribution in [0.5, 0.6) is 11.6 Å². The molecule has 18 heavy (non-hydrogen) atoms. The fourth-order valence-corrected chi connectivity index (χ4v) is 1.97. The van der Waals surface area contributed by atoms with Gasteiger partial charge in [0.2, 0.25) is 5.88 Å². The van der Waals surface area contributed by atoms with Gasteiger partial charge in [-0.2, -0.15) is 5.10 Å². The van der Waals surface area contributed by atoms with Crippen molar-refractivity contribution in [2.75, 3.05) is 0 Å². The van der Waals surface area contributed by atoms with Gasteiger partial charge in [0.15, 0.2) is 0 Å². The van der Waals surface area contributed by atoms with E-state index in [9.17, 15) is 0 Å². The van der Waals surface area contributed by atoms with Crippen molar-refractivity contribution >= 4 is 21.8 Å². The van der Waals surface area contributed by atoms with E-state index in [1.807, 2.05) is 25.1 Å². The van der Waals surface area contributed by atoms with E-state index in [0.29, 0.717) is 11.3 Å². The van der Waals surface area contributed by atoms with Crippen molar-refractivity contribution in [2.45, 2.75) is 6.92 Å². The van der Waals surface area contributed by atoms with Crippen LogP contribution in [-0.2, 0) is 0 Å². The predicted octanol–water partition coefficient (Wildman–Crippen LogP) is 2.62. The average molecular weight is 307 g/mol. The summed E-state index contributed by atoms with van der Waals surface area (Å²) < 4.78 is 6.42. The molecule has 92 valence electrons. The molecule has 0 bridgehead atoms. The normalized spacial score (nSPS) is 10.1. The summed E-state index contributed by atoms with van der Waals surface area (Å²) in [7, 11) is 0. The van der Waals surface area contributed by atoms with Gasteiger partial charge in [0, 0.05) is 0 Å². The third kappa shape index (κ3) is 2.65. The van der Waals surface area contributed by atoms with Gasteiger partial charge in [-0.05, 0) is 46.6 Å². The van der Waals surface area contributed by atoms with Crippen LogP contribution in [-0.4, -0.2) is 16.0 Å². The molecule has 0 unspecified atom stereocenters. The number of hydrogen-bond acceptors (Lipinski definition) is 4. The first-order valence-electron chi connectivity index (χ1n) is 5.18. The van der Waals surface area contributed by atoms with Crippen molar-refractivity contribution in [2.24, 2.45) is 5.73 Å². The van der Waals surface area contributed by atoms with Crippen molar-refractivity contribution in [1.82, 2.24) is 10.2 Å². The van der Waals surface area contributed by atoms with E-state index in [1.54, 1.807) is 6.07 Å². The van der Waals surface area contributed by atoms with Gasteiger partial charge < -0.3 is 10.5 Å². The second kappa shape index (κ2) is 5.14. The van der Waals surface area contributed by atoms with E-state index in [4.69, 9.17) is 15.9 Å². The lowest BCUT2D eigenvalue weighted by Gasteiger charge is -2.09. The molecule has 0 aliphatic heterocycles. The highest BCUT2D eigenvalue weighted by Crippen LogP contribution is 2.30. The van der Waals surface area contributed by atoms with Crippen LogP contribution in [0.25, 0.3) is 0 Å². The molecule has 0 saturated carbocycles. The molecule has 1 aromatic heterocycles. The SMILES string of the molecule is Cc1ccc(Oc2nnccc2C(=N)N)c(Br)c1. The van der Waals surface area contributed by atoms with Gasteiger partial charge in [-0.25, -0.2) is 0 Å². The van der Waals surface area contributed by atoms with Gasteiger partial charge in [0.1, 0.15) is 11.6 Å². The molecule has 1 heterocycles. The Labute approximate surface area is 113 Å². The number of nitrogens with two attached hydrogens (primary N) is 1. The first-order valence-corrected chi connectivity index (χ1v) is 5.97. The van der Waals surface area contributed by atoms with Gasteiger partial charge in [-0.15, -0.1) is 5.10 Å². The van der Waals surface area contributed by atoms with E-state index < -0.39 is 0 Å². The number of halogens is 1. The number of ether oxygens (including phenoxy) is 1. The highest BCUT2D eigenvalue weighted by Gasteiger charge is 2.11. The molecule has 2 aromatic rings. The summed E-state index contributed by atoms with van der Waals surface area (Å²) in [5.74, 6) is 0.710. The number of amidine groups is 1. The summed E-state index contributed by atoms with van der Waals surface area (Å²) in [6.07, 6.45) is 1.47. The van der Waals surface area contributed by atoms with Crippen molar-refractivity contribution in [3.05, 3.63) is 46.1 Å². The second-order valence-electron chi connectivity index (χ2n) is 3.70. The first-order chi connectivity index (χ1) is 8.58. The molecular formula is C12H11BrN4O. The van der Waals surface area contributed by atoms with Crippen molar-refractivity contribution in [3.8, 4) is 11.6 Å². The summed E-state index contributed by atoms with van der Waals surface area (Å²) in [6, 6.07) is 7.26. The van der Waals surface area contributed by atoms with Crippen LogP contribution in [0.15, 0.2) is 34.9 Å². The summed E-state index contributed by atoms with van der Waals surface area (Å²) >= 11 is 3.41. The highest BCUT2D eigenvalue weighted by atomic mass is 79.9. The van der Waals surface area contributed by atoms with E-state index in [2.05, 4.69) is 26.1 Å². The zero-order valence-corrected chi connectivity index (χ0v) is 11.2. The van der Waals surface area contributed by atoms with Crippen LogP contribution in [0.1, 0.15) is 11.1 Å². The lowest BCUT2D eigenvalue weighted by molar-refractivity contribution is 0.451. The molecule has 0 radical (unpaired) electrons. The van der Waals surface area contributed by atoms with Crippen LogP contribution in [0.4, 0.5) is 0 Å². The summed E-state index contributed by atoms with van der Waals surface area (Å²) in [6.45, 7) is 1.98. The maximum absolute atomic E-state index is 7.45. The molecule has 6 heteroatoms. The van der Waals surface area contributed by atoms with E-state index in [-0.39, 0.29) is 11.7 Å². The quantitative estimate of drug-likeness (QED) is 0.674. The Hall–Kier alpha value is -1.95. The minimum Gasteiger partial charge on any atom is -0.436 e. The minimum absolute atomic E-state index is 0.108. The van der Waals surface area contributed by atoms with Gasteiger partial charge >= 0.3 is 0 Å². The third-order valence-electron chi connectivity index (χ3n) is 2.27. The van der Waals surface area contributed by atoms with Crippen molar-refractivity contribution < 1.29 is 4.74 Å². The Morgan fingerprint density at radius 2 is 2.17 bits per heavy atom. The topological polar surface area (TPSA) is 84.9 Å². The van der Waals surface area contributed by atoms with Crippen LogP contribution in [0.3, 0.4) is 0 Å². The first kappa shape index (κ1) is 12.5. The molecule has 0 aliphatic carbocycles. The molecule has 1 aromatic carbocycles. The Balaban J connectivity index is 2.37. The van der Waals surface area contributed by atoms with Crippen LogP contribution in [0.2, 0.25) is 0 Å². The Kier molecular flexibility index (Phi) is 3.57. The fourth-order valence-electron chi connectivity index (χ4n) is 1.39. The number of nitrogen functional groups attached to an aromatic ring is 1. The molecule has 2 rings (SSSR count). The Morgan fingerprint density at radius 3 is 2.83 bits per heavy atom. The Bertz CT molecular complexity index is 600. The number of nitrogens with one attached hydrogen (secondary N) is 1. The zero-order chi connectivity index (χ0) is 13.1. The molecule has 0 fully saturated rings. The third-order valence-corrected chi connectivity index (χ3v) is 2.89.